The van der Waals surface area contributed by atoms with Gasteiger partial charge in [0.15, 0.2) is 10.6 Å². The van der Waals surface area contributed by atoms with Gasteiger partial charge in [0.05, 0.1) is 11.4 Å². The van der Waals surface area contributed by atoms with Gasteiger partial charge in [0.25, 0.3) is 5.56 Å². The molecule has 0 unspecified atom stereocenters. The third-order valence-corrected chi connectivity index (χ3v) is 6.51. The van der Waals surface area contributed by atoms with Crippen LogP contribution in [0.2, 0.25) is 0 Å². The van der Waals surface area contributed by atoms with Gasteiger partial charge in [0.2, 0.25) is 5.88 Å². The molecule has 0 aliphatic carbocycles. The van der Waals surface area contributed by atoms with Crippen LogP contribution in [-0.2, 0) is 6.42 Å². The Morgan fingerprint density at radius 3 is 2.18 bits per heavy atom. The zero-order valence-electron chi connectivity index (χ0n) is 18.3. The van der Waals surface area contributed by atoms with Crippen molar-refractivity contribution in [3.05, 3.63) is 117 Å². The average molecular weight is 470 g/mol. The number of para-hydroxylation sites is 2. The number of nitrogens with zero attached hydrogens (tertiary/aromatic N) is 2. The fraction of sp³-hybridized carbons (Fsp3) is 0.148. The van der Waals surface area contributed by atoms with Gasteiger partial charge < -0.3 is 10.4 Å². The van der Waals surface area contributed by atoms with Crippen LogP contribution in [0, 0.1) is 4.77 Å². The van der Waals surface area contributed by atoms with Crippen molar-refractivity contribution in [2.45, 2.75) is 18.9 Å². The van der Waals surface area contributed by atoms with Crippen LogP contribution in [0.1, 0.15) is 33.9 Å². The molecule has 2 N–H and O–H groups in total. The lowest BCUT2D eigenvalue weighted by atomic mass is 9.90. The second-order valence-corrected chi connectivity index (χ2v) is 8.58. The number of rotatable bonds is 5. The van der Waals surface area contributed by atoms with Crippen molar-refractivity contribution in [1.82, 2.24) is 14.5 Å². The highest BCUT2D eigenvalue weighted by Crippen LogP contribution is 2.29. The minimum Gasteiger partial charge on any atom is -0.493 e. The highest BCUT2D eigenvalue weighted by molar-refractivity contribution is 7.71. The first-order chi connectivity index (χ1) is 16.6. The first-order valence-electron chi connectivity index (χ1n) is 11.1. The average Bonchev–Trinajstić information content (AvgIpc) is 2.85. The molecule has 0 saturated heterocycles. The molecule has 34 heavy (non-hydrogen) atoms. The van der Waals surface area contributed by atoms with Crippen LogP contribution in [0.3, 0.4) is 0 Å². The zero-order valence-corrected chi connectivity index (χ0v) is 19.2. The van der Waals surface area contributed by atoms with E-state index in [1.807, 2.05) is 30.3 Å². The molecular weight excluding hydrogens is 446 g/mol. The van der Waals surface area contributed by atoms with Gasteiger partial charge in [0.1, 0.15) is 5.56 Å². The second kappa shape index (κ2) is 9.21. The van der Waals surface area contributed by atoms with E-state index >= 15 is 0 Å². The van der Waals surface area contributed by atoms with E-state index in [0.717, 1.165) is 18.5 Å². The van der Waals surface area contributed by atoms with Gasteiger partial charge >= 0.3 is 0 Å². The molecule has 0 amide bonds. The molecule has 7 heteroatoms. The molecule has 1 aromatic heterocycles. The minimum absolute atomic E-state index is 0.0418. The number of hydrogen-bond acceptors (Lipinski definition) is 5. The van der Waals surface area contributed by atoms with E-state index in [9.17, 15) is 14.7 Å². The minimum atomic E-state index is -0.630. The third kappa shape index (κ3) is 3.89. The molecule has 1 aliphatic heterocycles. The van der Waals surface area contributed by atoms with Gasteiger partial charge in [-0.15, -0.1) is 0 Å². The molecule has 2 heterocycles. The predicted molar refractivity (Wildman–Crippen MR) is 134 cm³/mol. The van der Waals surface area contributed by atoms with Crippen molar-refractivity contribution in [3.8, 4) is 17.3 Å². The fourth-order valence-electron chi connectivity index (χ4n) is 4.52. The van der Waals surface area contributed by atoms with Gasteiger partial charge in [0, 0.05) is 12.5 Å². The number of benzene rings is 3. The molecular formula is C27H23N3O3S. The smallest absolute Gasteiger partial charge is 0.273 e. The number of fused-ring (bicyclic) bond motifs is 1. The third-order valence-electron chi connectivity index (χ3n) is 6.15. The van der Waals surface area contributed by atoms with E-state index in [1.54, 1.807) is 48.5 Å². The van der Waals surface area contributed by atoms with Crippen molar-refractivity contribution >= 4 is 18.0 Å². The van der Waals surface area contributed by atoms with E-state index in [-0.39, 0.29) is 22.8 Å². The normalized spacial score (nSPS) is 15.0. The number of nitrogens with one attached hydrogen (secondary N) is 1. The highest BCUT2D eigenvalue weighted by Gasteiger charge is 2.28. The van der Waals surface area contributed by atoms with E-state index in [2.05, 4.69) is 11.4 Å². The van der Waals surface area contributed by atoms with Crippen LogP contribution < -0.4 is 10.9 Å². The Morgan fingerprint density at radius 1 is 0.912 bits per heavy atom. The number of carbonyl (C=O) groups is 1. The summed E-state index contributed by atoms with van der Waals surface area (Å²) in [4.78, 5) is 27.2. The number of carbonyl (C=O) groups excluding carboxylic acids is 1. The van der Waals surface area contributed by atoms with Crippen LogP contribution in [0.15, 0.2) is 89.7 Å². The van der Waals surface area contributed by atoms with E-state index in [4.69, 9.17) is 12.2 Å². The Kier molecular flexibility index (Phi) is 5.96. The van der Waals surface area contributed by atoms with E-state index in [1.165, 1.54) is 14.7 Å². The topological polar surface area (TPSA) is 76.3 Å². The van der Waals surface area contributed by atoms with Crippen LogP contribution in [0.25, 0.3) is 11.4 Å². The molecule has 4 aromatic rings. The molecule has 1 atom stereocenters. The number of Topliss-reactive ketones (excluding diaryl/α,β-unsaturated/α-hetero) is 1. The summed E-state index contributed by atoms with van der Waals surface area (Å²) in [6.45, 7) is 0.740. The van der Waals surface area contributed by atoms with E-state index in [0.29, 0.717) is 11.4 Å². The first-order valence-corrected chi connectivity index (χ1v) is 11.5. The Hall–Kier alpha value is -3.81. The largest absolute Gasteiger partial charge is 0.493 e. The van der Waals surface area contributed by atoms with Crippen LogP contribution in [0.4, 0.5) is 0 Å². The number of aromatic nitrogens is 2. The SMILES string of the molecule is O=C(C[C@@H]1NCCc2ccccc21)c1c(O)n(-c2ccccc2)c(=S)n(-c2ccccc2)c1=O. The lowest BCUT2D eigenvalue weighted by molar-refractivity contribution is 0.0961. The number of hydrogen-bond donors (Lipinski definition) is 2. The summed E-state index contributed by atoms with van der Waals surface area (Å²) >= 11 is 5.63. The monoisotopic (exact) mass is 469 g/mol. The van der Waals surface area contributed by atoms with Gasteiger partial charge in [-0.25, -0.2) is 0 Å². The summed E-state index contributed by atoms with van der Waals surface area (Å²) in [6, 6.07) is 25.6. The quantitative estimate of drug-likeness (QED) is 0.332. The second-order valence-electron chi connectivity index (χ2n) is 8.21. The van der Waals surface area contributed by atoms with Gasteiger partial charge in [-0.05, 0) is 60.6 Å². The van der Waals surface area contributed by atoms with Gasteiger partial charge in [-0.3, -0.25) is 18.7 Å². The van der Waals surface area contributed by atoms with Crippen LogP contribution in [-0.4, -0.2) is 26.6 Å². The Balaban J connectivity index is 1.68. The molecule has 5 rings (SSSR count). The maximum Gasteiger partial charge on any atom is 0.273 e. The summed E-state index contributed by atoms with van der Waals surface area (Å²) < 4.78 is 2.76. The van der Waals surface area contributed by atoms with Crippen molar-refractivity contribution in [1.29, 1.82) is 0 Å². The predicted octanol–water partition coefficient (Wildman–Crippen LogP) is 4.52. The van der Waals surface area contributed by atoms with E-state index < -0.39 is 17.2 Å². The van der Waals surface area contributed by atoms with Crippen molar-refractivity contribution in [2.75, 3.05) is 6.54 Å². The molecule has 0 fully saturated rings. The molecule has 170 valence electrons. The number of aromatic hydroxyl groups is 1. The molecule has 3 aromatic carbocycles. The summed E-state index contributed by atoms with van der Waals surface area (Å²) in [6.07, 6.45) is 0.922. The highest BCUT2D eigenvalue weighted by atomic mass is 32.1. The first kappa shape index (κ1) is 22.0. The van der Waals surface area contributed by atoms with Crippen molar-refractivity contribution in [2.24, 2.45) is 0 Å². The Labute approximate surface area is 201 Å². The van der Waals surface area contributed by atoms with Crippen LogP contribution in [0.5, 0.6) is 5.88 Å². The maximum atomic E-state index is 13.6. The van der Waals surface area contributed by atoms with Crippen molar-refractivity contribution < 1.29 is 9.90 Å². The molecule has 0 spiro atoms. The summed E-state index contributed by atoms with van der Waals surface area (Å²) in [5.41, 5.74) is 2.41. The summed E-state index contributed by atoms with van der Waals surface area (Å²) in [5.74, 6) is -0.886. The molecule has 0 bridgehead atoms. The Morgan fingerprint density at radius 2 is 1.50 bits per heavy atom. The maximum absolute atomic E-state index is 13.6. The standard InChI is InChI=1S/C27H23N3O3S/c31-23(17-22-21-14-8-7-9-18(21)15-16-28-22)24-25(32)29(19-10-3-1-4-11-19)27(34)30(26(24)33)20-12-5-2-6-13-20/h1-14,22,28,32H,15-17H2/t22-/m0/s1. The van der Waals surface area contributed by atoms with Gasteiger partial charge in [-0.2, -0.15) is 0 Å². The summed E-state index contributed by atoms with van der Waals surface area (Å²) in [5, 5.41) is 14.6. The summed E-state index contributed by atoms with van der Waals surface area (Å²) in [7, 11) is 0. The lowest BCUT2D eigenvalue weighted by Gasteiger charge is -2.26. The Bertz CT molecular complexity index is 1480. The van der Waals surface area contributed by atoms with Crippen molar-refractivity contribution in [3.63, 3.8) is 0 Å². The molecule has 6 nitrogen and oxygen atoms in total. The molecule has 1 aliphatic rings. The number of ketones is 1. The fourth-order valence-corrected chi connectivity index (χ4v) is 4.90. The lowest BCUT2D eigenvalue weighted by Crippen LogP contribution is -2.34. The van der Waals surface area contributed by atoms with Crippen LogP contribution >= 0.6 is 12.2 Å². The van der Waals surface area contributed by atoms with Gasteiger partial charge in [-0.1, -0.05) is 60.7 Å². The zero-order chi connectivity index (χ0) is 23.7. The molecule has 0 saturated carbocycles. The molecule has 0 radical (unpaired) electrons.